The molecule has 1 aliphatic rings. The molecule has 0 aliphatic carbocycles. The molecule has 0 saturated carbocycles. The van der Waals surface area contributed by atoms with E-state index in [2.05, 4.69) is 4.98 Å². The summed E-state index contributed by atoms with van der Waals surface area (Å²) >= 11 is 0. The number of aromatic nitrogens is 2. The van der Waals surface area contributed by atoms with Crippen LogP contribution in [0.15, 0.2) is 79.0 Å². The molecule has 4 aromatic rings. The van der Waals surface area contributed by atoms with E-state index in [1.54, 1.807) is 6.20 Å². The first-order valence-corrected chi connectivity index (χ1v) is 13.0. The maximum Gasteiger partial charge on any atom is 0.416 e. The third-order valence-corrected chi connectivity index (χ3v) is 7.20. The number of piperidine rings is 1. The number of alkyl halides is 3. The van der Waals surface area contributed by atoms with Crippen molar-refractivity contribution >= 4 is 11.9 Å². The van der Waals surface area contributed by atoms with Crippen LogP contribution in [0.4, 0.5) is 19.1 Å². The van der Waals surface area contributed by atoms with Gasteiger partial charge in [0.1, 0.15) is 12.4 Å². The van der Waals surface area contributed by atoms with Crippen LogP contribution >= 0.6 is 0 Å². The standard InChI is InChI=1S/C31H28F3N3O3/c1-20-18-23(21-8-10-25(11-9-21)31(32,33)34)6-7-24(20)19-40-28-5-3-2-4-26(28)27-12-15-35-30(36-27)37-16-13-22(14-17-37)29(38)39/h2-12,15,18,22H,13-14,16-17,19H2,1H3,(H,38,39). The summed E-state index contributed by atoms with van der Waals surface area (Å²) in [6.45, 7) is 3.42. The third-order valence-electron chi connectivity index (χ3n) is 7.20. The van der Waals surface area contributed by atoms with Crippen LogP contribution in [0.5, 0.6) is 5.75 Å². The fourth-order valence-corrected chi connectivity index (χ4v) is 4.83. The molecular weight excluding hydrogens is 519 g/mol. The quantitative estimate of drug-likeness (QED) is 0.268. The number of carboxylic acid groups (broad SMARTS) is 1. The summed E-state index contributed by atoms with van der Waals surface area (Å²) < 4.78 is 44.9. The van der Waals surface area contributed by atoms with Gasteiger partial charge in [0.15, 0.2) is 0 Å². The lowest BCUT2D eigenvalue weighted by atomic mass is 9.97. The first-order valence-electron chi connectivity index (χ1n) is 13.0. The number of anilines is 1. The van der Waals surface area contributed by atoms with E-state index in [0.717, 1.165) is 34.4 Å². The Labute approximate surface area is 230 Å². The molecule has 0 atom stereocenters. The van der Waals surface area contributed by atoms with Crippen molar-refractivity contribution in [2.45, 2.75) is 32.5 Å². The molecule has 0 unspecified atom stereocenters. The van der Waals surface area contributed by atoms with Gasteiger partial charge in [-0.25, -0.2) is 9.97 Å². The fraction of sp³-hybridized carbons (Fsp3) is 0.258. The molecule has 3 aromatic carbocycles. The topological polar surface area (TPSA) is 75.5 Å². The number of nitrogens with zero attached hydrogens (tertiary/aromatic N) is 3. The molecule has 206 valence electrons. The van der Waals surface area contributed by atoms with Crippen LogP contribution in [0.3, 0.4) is 0 Å². The molecule has 0 radical (unpaired) electrons. The molecule has 1 N–H and O–H groups in total. The second kappa shape index (κ2) is 11.4. The van der Waals surface area contributed by atoms with Crippen molar-refractivity contribution in [1.29, 1.82) is 0 Å². The van der Waals surface area contributed by atoms with Gasteiger partial charge in [0, 0.05) is 24.8 Å². The lowest BCUT2D eigenvalue weighted by Crippen LogP contribution is -2.37. The Morgan fingerprint density at radius 1 is 1.00 bits per heavy atom. The van der Waals surface area contributed by atoms with Crippen LogP contribution in [0.2, 0.25) is 0 Å². The van der Waals surface area contributed by atoms with Crippen molar-refractivity contribution in [2.24, 2.45) is 5.92 Å². The molecule has 1 saturated heterocycles. The second-order valence-electron chi connectivity index (χ2n) is 9.84. The van der Waals surface area contributed by atoms with Gasteiger partial charge in [-0.05, 0) is 72.4 Å². The maximum absolute atomic E-state index is 12.9. The average molecular weight is 548 g/mol. The van der Waals surface area contributed by atoms with Crippen molar-refractivity contribution in [3.8, 4) is 28.1 Å². The zero-order valence-electron chi connectivity index (χ0n) is 21.9. The summed E-state index contributed by atoms with van der Waals surface area (Å²) in [5, 5.41) is 9.27. The van der Waals surface area contributed by atoms with Gasteiger partial charge in [0.2, 0.25) is 5.95 Å². The highest BCUT2D eigenvalue weighted by Gasteiger charge is 2.30. The SMILES string of the molecule is Cc1cc(-c2ccc(C(F)(F)F)cc2)ccc1COc1ccccc1-c1ccnc(N2CCC(C(=O)O)CC2)n1. The number of ether oxygens (including phenoxy) is 1. The molecule has 1 aliphatic heterocycles. The molecule has 1 aromatic heterocycles. The monoisotopic (exact) mass is 547 g/mol. The minimum absolute atomic E-state index is 0.302. The van der Waals surface area contributed by atoms with Crippen molar-refractivity contribution in [2.75, 3.05) is 18.0 Å². The van der Waals surface area contributed by atoms with Gasteiger partial charge in [0.05, 0.1) is 17.2 Å². The number of carbonyl (C=O) groups is 1. The maximum atomic E-state index is 12.9. The van der Waals surface area contributed by atoms with E-state index in [9.17, 15) is 23.1 Å². The Balaban J connectivity index is 1.30. The summed E-state index contributed by atoms with van der Waals surface area (Å²) in [6, 6.07) is 20.3. The number of aliphatic carboxylic acids is 1. The van der Waals surface area contributed by atoms with Gasteiger partial charge in [-0.15, -0.1) is 0 Å². The minimum Gasteiger partial charge on any atom is -0.488 e. The van der Waals surface area contributed by atoms with Gasteiger partial charge < -0.3 is 14.7 Å². The van der Waals surface area contributed by atoms with Crippen molar-refractivity contribution in [3.63, 3.8) is 0 Å². The average Bonchev–Trinajstić information content (AvgIpc) is 2.96. The van der Waals surface area contributed by atoms with Crippen LogP contribution in [-0.4, -0.2) is 34.1 Å². The van der Waals surface area contributed by atoms with Crippen LogP contribution in [0.1, 0.15) is 29.5 Å². The number of hydrogen-bond donors (Lipinski definition) is 1. The Morgan fingerprint density at radius 2 is 1.70 bits per heavy atom. The highest BCUT2D eigenvalue weighted by molar-refractivity contribution is 5.71. The van der Waals surface area contributed by atoms with Gasteiger partial charge >= 0.3 is 12.1 Å². The largest absolute Gasteiger partial charge is 0.488 e. The predicted octanol–water partition coefficient (Wildman–Crippen LogP) is 7.02. The number of carboxylic acids is 1. The van der Waals surface area contributed by atoms with E-state index >= 15 is 0 Å². The summed E-state index contributed by atoms with van der Waals surface area (Å²) in [5.41, 5.74) is 4.30. The lowest BCUT2D eigenvalue weighted by Gasteiger charge is -2.30. The number of para-hydroxylation sites is 1. The lowest BCUT2D eigenvalue weighted by molar-refractivity contribution is -0.142. The number of aryl methyl sites for hydroxylation is 1. The second-order valence-corrected chi connectivity index (χ2v) is 9.84. The Kier molecular flexibility index (Phi) is 7.73. The van der Waals surface area contributed by atoms with E-state index < -0.39 is 17.7 Å². The molecular formula is C31H28F3N3O3. The minimum atomic E-state index is -4.36. The van der Waals surface area contributed by atoms with E-state index in [4.69, 9.17) is 9.72 Å². The molecule has 0 bridgehead atoms. The Bertz CT molecular complexity index is 1500. The Morgan fingerprint density at radius 3 is 2.38 bits per heavy atom. The van der Waals surface area contributed by atoms with Gasteiger partial charge in [-0.2, -0.15) is 13.2 Å². The van der Waals surface area contributed by atoms with Crippen LogP contribution in [0.25, 0.3) is 22.4 Å². The molecule has 1 fully saturated rings. The first kappa shape index (κ1) is 27.2. The third kappa shape index (κ3) is 6.09. The van der Waals surface area contributed by atoms with E-state index in [-0.39, 0.29) is 5.92 Å². The number of rotatable bonds is 7. The normalized spacial score (nSPS) is 14.2. The molecule has 5 rings (SSSR count). The molecule has 0 amide bonds. The first-order chi connectivity index (χ1) is 19.2. The molecule has 0 spiro atoms. The highest BCUT2D eigenvalue weighted by atomic mass is 19.4. The zero-order valence-corrected chi connectivity index (χ0v) is 21.9. The van der Waals surface area contributed by atoms with Gasteiger partial charge in [-0.3, -0.25) is 4.79 Å². The van der Waals surface area contributed by atoms with Crippen molar-refractivity contribution < 1.29 is 27.8 Å². The van der Waals surface area contributed by atoms with E-state index in [1.807, 2.05) is 60.4 Å². The predicted molar refractivity (Wildman–Crippen MR) is 146 cm³/mol. The van der Waals surface area contributed by atoms with Crippen molar-refractivity contribution in [3.05, 3.63) is 95.7 Å². The number of hydrogen-bond acceptors (Lipinski definition) is 5. The van der Waals surface area contributed by atoms with Crippen LogP contribution in [-0.2, 0) is 17.6 Å². The van der Waals surface area contributed by atoms with E-state index in [1.165, 1.54) is 12.1 Å². The van der Waals surface area contributed by atoms with E-state index in [0.29, 0.717) is 55.5 Å². The van der Waals surface area contributed by atoms with Crippen LogP contribution < -0.4 is 9.64 Å². The Hall–Kier alpha value is -4.40. The summed E-state index contributed by atoms with van der Waals surface area (Å²) in [4.78, 5) is 22.5. The summed E-state index contributed by atoms with van der Waals surface area (Å²) in [6.07, 6.45) is -1.56. The molecule has 9 heteroatoms. The fourth-order valence-electron chi connectivity index (χ4n) is 4.83. The van der Waals surface area contributed by atoms with Gasteiger partial charge in [0.25, 0.3) is 0 Å². The molecule has 40 heavy (non-hydrogen) atoms. The molecule has 6 nitrogen and oxygen atoms in total. The number of halogens is 3. The summed E-state index contributed by atoms with van der Waals surface area (Å²) in [5.74, 6) is 0.125. The van der Waals surface area contributed by atoms with Crippen molar-refractivity contribution in [1.82, 2.24) is 9.97 Å². The highest BCUT2D eigenvalue weighted by Crippen LogP contribution is 2.33. The molecule has 2 heterocycles. The van der Waals surface area contributed by atoms with Crippen LogP contribution in [0, 0.1) is 12.8 Å². The number of benzene rings is 3. The summed E-state index contributed by atoms with van der Waals surface area (Å²) in [7, 11) is 0. The zero-order chi connectivity index (χ0) is 28.3. The van der Waals surface area contributed by atoms with Gasteiger partial charge in [-0.1, -0.05) is 42.5 Å². The smallest absolute Gasteiger partial charge is 0.416 e.